The van der Waals surface area contributed by atoms with Gasteiger partial charge < -0.3 is 0 Å². The number of hydrogen-bond acceptors (Lipinski definition) is 3. The highest BCUT2D eigenvalue weighted by Crippen LogP contribution is 2.63. The van der Waals surface area contributed by atoms with E-state index in [0.717, 1.165) is 0 Å². The third-order valence-electron chi connectivity index (χ3n) is 5.05. The molecule has 2 aliphatic rings. The molecule has 4 nitrogen and oxygen atoms in total. The van der Waals surface area contributed by atoms with E-state index in [1.807, 2.05) is 31.2 Å². The van der Waals surface area contributed by atoms with Crippen molar-refractivity contribution >= 4 is 10.1 Å². The lowest BCUT2D eigenvalue weighted by Crippen LogP contribution is -2.39. The molecule has 3 unspecified atom stereocenters. The maximum absolute atomic E-state index is 11.2. The summed E-state index contributed by atoms with van der Waals surface area (Å²) in [4.78, 5) is 3.78. The standard InChI is InChI=1S/C10H16O3S.C5H5N/c1-9(2)7-4-5-10(9,3)8(6-7)14(11,12)13;1-2-4-6-5-3-1/h4-5,7-8H,6H2,1-3H3,(H,11,12,13);1-5H. The van der Waals surface area contributed by atoms with Crippen molar-refractivity contribution in [2.45, 2.75) is 32.4 Å². The summed E-state index contributed by atoms with van der Waals surface area (Å²) in [5.74, 6) is 0.277. The van der Waals surface area contributed by atoms with Crippen LogP contribution in [0.1, 0.15) is 27.2 Å². The zero-order valence-corrected chi connectivity index (χ0v) is 12.8. The second kappa shape index (κ2) is 4.97. The molecule has 0 spiro atoms. The minimum absolute atomic E-state index is 0.0620. The second-order valence-electron chi connectivity index (χ2n) is 6.23. The van der Waals surface area contributed by atoms with E-state index >= 15 is 0 Å². The van der Waals surface area contributed by atoms with Gasteiger partial charge in [-0.2, -0.15) is 8.42 Å². The largest absolute Gasteiger partial charge is 0.285 e. The lowest BCUT2D eigenvalue weighted by Gasteiger charge is -2.36. The summed E-state index contributed by atoms with van der Waals surface area (Å²) in [5.41, 5.74) is -0.473. The monoisotopic (exact) mass is 295 g/mol. The number of allylic oxidation sites excluding steroid dienone is 2. The van der Waals surface area contributed by atoms with Crippen LogP contribution in [0.3, 0.4) is 0 Å². The van der Waals surface area contributed by atoms with E-state index in [-0.39, 0.29) is 11.3 Å². The average molecular weight is 295 g/mol. The fourth-order valence-electron chi connectivity index (χ4n) is 3.29. The van der Waals surface area contributed by atoms with Gasteiger partial charge in [0.15, 0.2) is 0 Å². The molecule has 5 heteroatoms. The van der Waals surface area contributed by atoms with Crippen molar-refractivity contribution in [3.63, 3.8) is 0 Å². The molecule has 0 saturated heterocycles. The van der Waals surface area contributed by atoms with Crippen LogP contribution in [0.4, 0.5) is 0 Å². The highest BCUT2D eigenvalue weighted by Gasteiger charge is 2.62. The number of fused-ring (bicyclic) bond motifs is 2. The van der Waals surface area contributed by atoms with Crippen molar-refractivity contribution in [1.29, 1.82) is 0 Å². The van der Waals surface area contributed by atoms with Gasteiger partial charge in [0.1, 0.15) is 0 Å². The Morgan fingerprint density at radius 3 is 1.95 bits per heavy atom. The molecule has 1 heterocycles. The first-order valence-electron chi connectivity index (χ1n) is 6.70. The second-order valence-corrected chi connectivity index (χ2v) is 7.83. The first kappa shape index (κ1) is 15.2. The predicted molar refractivity (Wildman–Crippen MR) is 78.7 cm³/mol. The van der Waals surface area contributed by atoms with Crippen molar-refractivity contribution < 1.29 is 13.0 Å². The van der Waals surface area contributed by atoms with Gasteiger partial charge >= 0.3 is 0 Å². The first-order valence-corrected chi connectivity index (χ1v) is 8.20. The zero-order chi connectivity index (χ0) is 15.0. The molecule has 0 radical (unpaired) electrons. The van der Waals surface area contributed by atoms with Gasteiger partial charge in [-0.15, -0.1) is 0 Å². The molecular formula is C15H21NO3S. The summed E-state index contributed by atoms with van der Waals surface area (Å²) < 4.78 is 31.7. The highest BCUT2D eigenvalue weighted by molar-refractivity contribution is 7.86. The summed E-state index contributed by atoms with van der Waals surface area (Å²) >= 11 is 0. The van der Waals surface area contributed by atoms with Crippen molar-refractivity contribution in [1.82, 2.24) is 4.98 Å². The Labute approximate surface area is 120 Å². The quantitative estimate of drug-likeness (QED) is 0.639. The fourth-order valence-corrected chi connectivity index (χ4v) is 4.74. The van der Waals surface area contributed by atoms with Crippen LogP contribution in [0.15, 0.2) is 42.7 Å². The molecule has 3 rings (SSSR count). The molecule has 20 heavy (non-hydrogen) atoms. The van der Waals surface area contributed by atoms with Crippen LogP contribution in [-0.4, -0.2) is 23.2 Å². The first-order chi connectivity index (χ1) is 9.19. The van der Waals surface area contributed by atoms with Crippen LogP contribution in [0, 0.1) is 16.7 Å². The van der Waals surface area contributed by atoms with Gasteiger partial charge in [0.25, 0.3) is 10.1 Å². The van der Waals surface area contributed by atoms with E-state index < -0.39 is 20.8 Å². The summed E-state index contributed by atoms with van der Waals surface area (Å²) in [6.07, 6.45) is 8.10. The van der Waals surface area contributed by atoms with Gasteiger partial charge in [-0.25, -0.2) is 0 Å². The minimum atomic E-state index is -3.91. The Hall–Kier alpha value is -1.20. The average Bonchev–Trinajstić information content (AvgIpc) is 2.73. The van der Waals surface area contributed by atoms with Crippen molar-refractivity contribution in [2.75, 3.05) is 0 Å². The number of pyridine rings is 1. The van der Waals surface area contributed by atoms with E-state index in [1.165, 1.54) is 0 Å². The van der Waals surface area contributed by atoms with E-state index in [4.69, 9.17) is 0 Å². The number of hydrogen-bond donors (Lipinski definition) is 1. The molecule has 3 atom stereocenters. The van der Waals surface area contributed by atoms with Crippen LogP contribution in [0.2, 0.25) is 0 Å². The maximum Gasteiger partial charge on any atom is 0.268 e. The Balaban J connectivity index is 0.000000205. The normalized spacial score (nSPS) is 33.6. The molecule has 1 N–H and O–H groups in total. The highest BCUT2D eigenvalue weighted by atomic mass is 32.2. The molecule has 1 aromatic heterocycles. The van der Waals surface area contributed by atoms with Crippen LogP contribution in [0.25, 0.3) is 0 Å². The molecule has 1 aromatic rings. The van der Waals surface area contributed by atoms with Gasteiger partial charge in [0, 0.05) is 17.8 Å². The molecule has 2 aliphatic carbocycles. The Morgan fingerprint density at radius 1 is 1.15 bits per heavy atom. The molecule has 2 bridgehead atoms. The van der Waals surface area contributed by atoms with E-state index in [9.17, 15) is 13.0 Å². The van der Waals surface area contributed by atoms with Crippen LogP contribution in [-0.2, 0) is 10.1 Å². The lowest BCUT2D eigenvalue weighted by molar-refractivity contribution is 0.181. The Bertz CT molecular complexity index is 568. The van der Waals surface area contributed by atoms with Crippen molar-refractivity contribution in [2.24, 2.45) is 16.7 Å². The van der Waals surface area contributed by atoms with Crippen molar-refractivity contribution in [3.8, 4) is 0 Å². The van der Waals surface area contributed by atoms with Crippen LogP contribution in [0.5, 0.6) is 0 Å². The number of aromatic nitrogens is 1. The predicted octanol–water partition coefficient (Wildman–Crippen LogP) is 2.95. The van der Waals surface area contributed by atoms with E-state index in [2.05, 4.69) is 24.9 Å². The molecular weight excluding hydrogens is 274 g/mol. The van der Waals surface area contributed by atoms with Crippen molar-refractivity contribution in [3.05, 3.63) is 42.7 Å². The number of nitrogens with zero attached hydrogens (tertiary/aromatic N) is 1. The molecule has 0 amide bonds. The van der Waals surface area contributed by atoms with Gasteiger partial charge in [-0.05, 0) is 29.9 Å². The topological polar surface area (TPSA) is 67.3 Å². The molecule has 1 fully saturated rings. The Kier molecular flexibility index (Phi) is 3.77. The van der Waals surface area contributed by atoms with Crippen LogP contribution < -0.4 is 0 Å². The van der Waals surface area contributed by atoms with E-state index in [1.54, 1.807) is 12.4 Å². The zero-order valence-electron chi connectivity index (χ0n) is 12.0. The lowest BCUT2D eigenvalue weighted by atomic mass is 9.70. The number of rotatable bonds is 1. The molecule has 1 saturated carbocycles. The van der Waals surface area contributed by atoms with Gasteiger partial charge in [-0.1, -0.05) is 39.0 Å². The van der Waals surface area contributed by atoms with Gasteiger partial charge in [0.05, 0.1) is 5.25 Å². The maximum atomic E-state index is 11.2. The van der Waals surface area contributed by atoms with Gasteiger partial charge in [0.2, 0.25) is 0 Å². The third-order valence-corrected chi connectivity index (χ3v) is 6.45. The third kappa shape index (κ3) is 2.40. The van der Waals surface area contributed by atoms with Gasteiger partial charge in [-0.3, -0.25) is 9.54 Å². The Morgan fingerprint density at radius 2 is 1.75 bits per heavy atom. The SMILES string of the molecule is CC1(C)C2C=CC1(C)C(S(=O)(=O)O)C2.c1ccncc1. The summed E-state index contributed by atoms with van der Waals surface area (Å²) in [6.45, 7) is 6.07. The van der Waals surface area contributed by atoms with E-state index in [0.29, 0.717) is 6.42 Å². The van der Waals surface area contributed by atoms with Crippen LogP contribution >= 0.6 is 0 Å². The summed E-state index contributed by atoms with van der Waals surface area (Å²) in [6, 6.07) is 5.72. The summed E-state index contributed by atoms with van der Waals surface area (Å²) in [5, 5.41) is -0.625. The molecule has 110 valence electrons. The molecule has 0 aromatic carbocycles. The summed E-state index contributed by atoms with van der Waals surface area (Å²) in [7, 11) is -3.91. The minimum Gasteiger partial charge on any atom is -0.285 e. The molecule has 0 aliphatic heterocycles. The smallest absolute Gasteiger partial charge is 0.268 e. The fraction of sp³-hybridized carbons (Fsp3) is 0.533.